The zero-order valence-electron chi connectivity index (χ0n) is 6.87. The molecule has 0 saturated carbocycles. The molecule has 0 atom stereocenters. The van der Waals surface area contributed by atoms with Crippen LogP contribution < -0.4 is 5.73 Å². The summed E-state index contributed by atoms with van der Waals surface area (Å²) in [6, 6.07) is 4.95. The van der Waals surface area contributed by atoms with Gasteiger partial charge in [-0.25, -0.2) is 0 Å². The van der Waals surface area contributed by atoms with Crippen LogP contribution in [-0.2, 0) is 0 Å². The molecule has 0 aliphatic heterocycles. The van der Waals surface area contributed by atoms with Gasteiger partial charge in [-0.15, -0.1) is 0 Å². The van der Waals surface area contributed by atoms with Crippen molar-refractivity contribution < 1.29 is 4.52 Å². The summed E-state index contributed by atoms with van der Waals surface area (Å²) in [5.41, 5.74) is 5.96. The van der Waals surface area contributed by atoms with E-state index >= 15 is 0 Å². The quantitative estimate of drug-likeness (QED) is 0.817. The molecule has 4 nitrogen and oxygen atoms in total. The summed E-state index contributed by atoms with van der Waals surface area (Å²) in [5.74, 6) is 0.378. The molecule has 72 valence electrons. The summed E-state index contributed by atoms with van der Waals surface area (Å²) in [5, 5.41) is 4.47. The van der Waals surface area contributed by atoms with E-state index in [9.17, 15) is 0 Å². The first-order valence-corrected chi connectivity index (χ1v) is 4.46. The smallest absolute Gasteiger partial charge is 0.261 e. The molecule has 0 unspecified atom stereocenters. The summed E-state index contributed by atoms with van der Waals surface area (Å²) in [4.78, 5) is 3.85. The molecule has 1 aromatic heterocycles. The number of aromatic nitrogens is 2. The van der Waals surface area contributed by atoms with Crippen molar-refractivity contribution in [1.29, 1.82) is 0 Å². The van der Waals surface area contributed by atoms with Crippen LogP contribution in [0.5, 0.6) is 0 Å². The van der Waals surface area contributed by atoms with Crippen LogP contribution in [0.2, 0.25) is 10.0 Å². The lowest BCUT2D eigenvalue weighted by molar-refractivity contribution is 0.433. The number of anilines is 1. The Hall–Kier alpha value is -1.26. The zero-order chi connectivity index (χ0) is 10.1. The molecule has 1 heterocycles. The van der Waals surface area contributed by atoms with Crippen molar-refractivity contribution in [2.24, 2.45) is 0 Å². The zero-order valence-corrected chi connectivity index (χ0v) is 8.38. The molecule has 0 fully saturated rings. The van der Waals surface area contributed by atoms with Crippen LogP contribution in [-0.4, -0.2) is 10.1 Å². The van der Waals surface area contributed by atoms with Gasteiger partial charge in [0, 0.05) is 15.6 Å². The first-order valence-electron chi connectivity index (χ1n) is 3.71. The molecule has 2 N–H and O–H groups in total. The van der Waals surface area contributed by atoms with Crippen LogP contribution in [0, 0.1) is 0 Å². The topological polar surface area (TPSA) is 64.9 Å². The first-order chi connectivity index (χ1) is 6.65. The van der Waals surface area contributed by atoms with E-state index in [0.717, 1.165) is 0 Å². The van der Waals surface area contributed by atoms with Crippen molar-refractivity contribution in [2.45, 2.75) is 0 Å². The van der Waals surface area contributed by atoms with Crippen LogP contribution in [0.15, 0.2) is 22.7 Å². The number of nitrogens with zero attached hydrogens (tertiary/aromatic N) is 2. The highest BCUT2D eigenvalue weighted by Gasteiger charge is 2.08. The van der Waals surface area contributed by atoms with Gasteiger partial charge in [-0.3, -0.25) is 0 Å². The number of nitrogen functional groups attached to an aromatic ring is 1. The van der Waals surface area contributed by atoms with E-state index in [2.05, 4.69) is 10.1 Å². The van der Waals surface area contributed by atoms with Crippen molar-refractivity contribution in [1.82, 2.24) is 10.1 Å². The summed E-state index contributed by atoms with van der Waals surface area (Å²) < 4.78 is 4.86. The van der Waals surface area contributed by atoms with Crippen molar-refractivity contribution >= 4 is 29.2 Å². The standard InChI is InChI=1S/C8H5Cl2N3O/c9-5-1-4(2-6(10)3-5)7-12-8(11)13-14-7/h1-3H,(H2,11,13). The van der Waals surface area contributed by atoms with Crippen LogP contribution in [0.25, 0.3) is 11.5 Å². The minimum absolute atomic E-state index is 0.0797. The molecular weight excluding hydrogens is 225 g/mol. The second-order valence-corrected chi connectivity index (χ2v) is 3.49. The van der Waals surface area contributed by atoms with Gasteiger partial charge in [-0.2, -0.15) is 4.98 Å². The number of nitrogens with two attached hydrogens (primary N) is 1. The van der Waals surface area contributed by atoms with Crippen LogP contribution in [0.3, 0.4) is 0 Å². The van der Waals surface area contributed by atoms with Gasteiger partial charge < -0.3 is 10.3 Å². The maximum Gasteiger partial charge on any atom is 0.261 e. The molecule has 0 aliphatic carbocycles. The number of benzene rings is 1. The third-order valence-corrected chi connectivity index (χ3v) is 1.99. The van der Waals surface area contributed by atoms with Gasteiger partial charge in [-0.05, 0) is 23.4 Å². The van der Waals surface area contributed by atoms with Gasteiger partial charge in [0.15, 0.2) is 0 Å². The largest absolute Gasteiger partial charge is 0.365 e. The molecule has 14 heavy (non-hydrogen) atoms. The fourth-order valence-electron chi connectivity index (χ4n) is 1.03. The summed E-state index contributed by atoms with van der Waals surface area (Å²) >= 11 is 11.6. The van der Waals surface area contributed by atoms with E-state index in [4.69, 9.17) is 33.5 Å². The van der Waals surface area contributed by atoms with E-state index in [1.54, 1.807) is 18.2 Å². The average molecular weight is 230 g/mol. The Labute approximate surface area is 89.6 Å². The number of hydrogen-bond donors (Lipinski definition) is 1. The predicted octanol–water partition coefficient (Wildman–Crippen LogP) is 2.63. The van der Waals surface area contributed by atoms with E-state index in [1.165, 1.54) is 0 Å². The predicted molar refractivity (Wildman–Crippen MR) is 54.2 cm³/mol. The van der Waals surface area contributed by atoms with E-state index in [-0.39, 0.29) is 5.95 Å². The third-order valence-electron chi connectivity index (χ3n) is 1.55. The van der Waals surface area contributed by atoms with Gasteiger partial charge in [0.25, 0.3) is 11.8 Å². The highest BCUT2D eigenvalue weighted by molar-refractivity contribution is 6.35. The Morgan fingerprint density at radius 2 is 1.79 bits per heavy atom. The molecule has 1 aromatic carbocycles. The molecular formula is C8H5Cl2N3O. The highest BCUT2D eigenvalue weighted by Crippen LogP contribution is 2.26. The Morgan fingerprint density at radius 1 is 1.14 bits per heavy atom. The van der Waals surface area contributed by atoms with Gasteiger partial charge in [0.2, 0.25) is 0 Å². The van der Waals surface area contributed by atoms with Crippen LogP contribution >= 0.6 is 23.2 Å². The second kappa shape index (κ2) is 3.48. The van der Waals surface area contributed by atoms with Crippen molar-refractivity contribution in [3.05, 3.63) is 28.2 Å². The summed E-state index contributed by atoms with van der Waals surface area (Å²) in [6.07, 6.45) is 0. The van der Waals surface area contributed by atoms with Crippen molar-refractivity contribution in [3.63, 3.8) is 0 Å². The van der Waals surface area contributed by atoms with E-state index in [0.29, 0.717) is 21.5 Å². The summed E-state index contributed by atoms with van der Waals surface area (Å²) in [6.45, 7) is 0. The van der Waals surface area contributed by atoms with E-state index < -0.39 is 0 Å². The highest BCUT2D eigenvalue weighted by atomic mass is 35.5. The third kappa shape index (κ3) is 1.81. The molecule has 0 spiro atoms. The van der Waals surface area contributed by atoms with Gasteiger partial charge in [0.05, 0.1) is 0 Å². The Morgan fingerprint density at radius 3 is 2.29 bits per heavy atom. The number of rotatable bonds is 1. The molecule has 0 bridgehead atoms. The normalized spacial score (nSPS) is 10.4. The van der Waals surface area contributed by atoms with Crippen molar-refractivity contribution in [2.75, 3.05) is 5.73 Å². The fraction of sp³-hybridized carbons (Fsp3) is 0. The summed E-state index contributed by atoms with van der Waals surface area (Å²) in [7, 11) is 0. The van der Waals surface area contributed by atoms with Crippen molar-refractivity contribution in [3.8, 4) is 11.5 Å². The van der Waals surface area contributed by atoms with Crippen LogP contribution in [0.4, 0.5) is 5.95 Å². The molecule has 2 aromatic rings. The minimum atomic E-state index is 0.0797. The lowest BCUT2D eigenvalue weighted by Gasteiger charge is -1.96. The lowest BCUT2D eigenvalue weighted by atomic mass is 10.2. The molecule has 0 aliphatic rings. The van der Waals surface area contributed by atoms with E-state index in [1.807, 2.05) is 0 Å². The number of hydrogen-bond acceptors (Lipinski definition) is 4. The fourth-order valence-corrected chi connectivity index (χ4v) is 1.56. The van der Waals surface area contributed by atoms with Crippen LogP contribution in [0.1, 0.15) is 0 Å². The Balaban J connectivity index is 2.51. The van der Waals surface area contributed by atoms with Gasteiger partial charge in [-0.1, -0.05) is 23.2 Å². The van der Waals surface area contributed by atoms with Gasteiger partial charge >= 0.3 is 0 Å². The average Bonchev–Trinajstić information content (AvgIpc) is 2.50. The maximum absolute atomic E-state index is 5.80. The number of halogens is 2. The second-order valence-electron chi connectivity index (χ2n) is 2.62. The molecule has 0 saturated heterocycles. The van der Waals surface area contributed by atoms with Gasteiger partial charge in [0.1, 0.15) is 0 Å². The molecule has 6 heteroatoms. The molecule has 2 rings (SSSR count). The Bertz CT molecular complexity index is 449. The molecule has 0 radical (unpaired) electrons. The lowest BCUT2D eigenvalue weighted by Crippen LogP contribution is -1.85. The first kappa shape index (κ1) is 9.30. The Kier molecular flexibility index (Phi) is 2.31. The monoisotopic (exact) mass is 229 g/mol. The minimum Gasteiger partial charge on any atom is -0.365 e. The SMILES string of the molecule is Nc1noc(-c2cc(Cl)cc(Cl)c2)n1. The molecule has 0 amide bonds. The maximum atomic E-state index is 5.80.